The molecule has 2 aliphatic rings. The number of aromatic nitrogens is 2. The molecule has 3 heterocycles. The van der Waals surface area contributed by atoms with Crippen molar-refractivity contribution in [2.24, 2.45) is 0 Å². The number of ether oxygens (including phenoxy) is 3. The minimum absolute atomic E-state index is 0.0897. The number of carbonyl (C=O) groups excluding carboxylic acids is 2. The second-order valence-electron chi connectivity index (χ2n) is 9.45. The Balaban J connectivity index is 1.42. The van der Waals surface area contributed by atoms with E-state index in [9.17, 15) is 9.59 Å². The number of allylic oxidation sites excluding steroid dienone is 1. The lowest BCUT2D eigenvalue weighted by atomic mass is 10.0. The van der Waals surface area contributed by atoms with E-state index < -0.39 is 0 Å². The summed E-state index contributed by atoms with van der Waals surface area (Å²) in [5, 5.41) is 3.25. The van der Waals surface area contributed by atoms with Gasteiger partial charge in [-0.15, -0.1) is 0 Å². The van der Waals surface area contributed by atoms with Crippen molar-refractivity contribution in [3.63, 3.8) is 0 Å². The fourth-order valence-electron chi connectivity index (χ4n) is 4.77. The molecule has 40 heavy (non-hydrogen) atoms. The highest BCUT2D eigenvalue weighted by molar-refractivity contribution is 6.05. The van der Waals surface area contributed by atoms with E-state index in [2.05, 4.69) is 26.8 Å². The van der Waals surface area contributed by atoms with Gasteiger partial charge < -0.3 is 24.4 Å². The number of morpholine rings is 1. The number of anilines is 5. The Kier molecular flexibility index (Phi) is 7.83. The third-order valence-electron chi connectivity index (χ3n) is 6.96. The Morgan fingerprint density at radius 2 is 1.82 bits per heavy atom. The van der Waals surface area contributed by atoms with Crippen molar-refractivity contribution in [3.8, 4) is 11.5 Å². The van der Waals surface area contributed by atoms with Gasteiger partial charge in [0.1, 0.15) is 17.3 Å². The summed E-state index contributed by atoms with van der Waals surface area (Å²) in [5.74, 6) is 1.89. The van der Waals surface area contributed by atoms with Crippen LogP contribution in [0.2, 0.25) is 0 Å². The van der Waals surface area contributed by atoms with Crippen molar-refractivity contribution in [1.29, 1.82) is 0 Å². The van der Waals surface area contributed by atoms with Gasteiger partial charge in [0.15, 0.2) is 5.78 Å². The van der Waals surface area contributed by atoms with Crippen molar-refractivity contribution in [1.82, 2.24) is 9.97 Å². The highest BCUT2D eigenvalue weighted by atomic mass is 16.5. The lowest BCUT2D eigenvalue weighted by molar-refractivity contribution is -0.114. The Morgan fingerprint density at radius 1 is 1.10 bits per heavy atom. The molecule has 1 fully saturated rings. The van der Waals surface area contributed by atoms with E-state index in [0.717, 1.165) is 29.9 Å². The van der Waals surface area contributed by atoms with E-state index >= 15 is 0 Å². The number of rotatable bonds is 9. The number of amides is 2. The topological polar surface area (TPSA) is 109 Å². The molecule has 1 N–H and O–H groups in total. The fraction of sp³-hybridized carbons (Fsp3) is 0.310. The number of hydrogen-bond acceptors (Lipinski definition) is 9. The Bertz CT molecular complexity index is 1420. The van der Waals surface area contributed by atoms with Crippen LogP contribution in [0.3, 0.4) is 0 Å². The molecule has 2 aromatic carbocycles. The molecule has 0 atom stereocenters. The van der Waals surface area contributed by atoms with Crippen LogP contribution in [0, 0.1) is 0 Å². The van der Waals surface area contributed by atoms with E-state index in [1.165, 1.54) is 11.0 Å². The number of hydrogen-bond donors (Lipinski definition) is 1. The van der Waals surface area contributed by atoms with Crippen LogP contribution in [-0.4, -0.2) is 69.4 Å². The molecule has 2 aliphatic heterocycles. The van der Waals surface area contributed by atoms with Gasteiger partial charge in [-0.25, -0.2) is 9.78 Å². The number of urea groups is 1. The molecule has 0 unspecified atom stereocenters. The van der Waals surface area contributed by atoms with Crippen LogP contribution < -0.4 is 29.5 Å². The molecule has 0 bridgehead atoms. The highest BCUT2D eigenvalue weighted by Gasteiger charge is 2.31. The lowest BCUT2D eigenvalue weighted by Crippen LogP contribution is -2.46. The average Bonchev–Trinajstić information content (AvgIpc) is 3.00. The lowest BCUT2D eigenvalue weighted by Gasteiger charge is -2.34. The van der Waals surface area contributed by atoms with Gasteiger partial charge in [-0.05, 0) is 29.8 Å². The van der Waals surface area contributed by atoms with Crippen molar-refractivity contribution in [2.75, 3.05) is 67.6 Å². The summed E-state index contributed by atoms with van der Waals surface area (Å²) < 4.78 is 16.2. The Morgan fingerprint density at radius 3 is 2.50 bits per heavy atom. The largest absolute Gasteiger partial charge is 0.497 e. The maximum absolute atomic E-state index is 13.4. The van der Waals surface area contributed by atoms with E-state index in [1.54, 1.807) is 50.6 Å². The van der Waals surface area contributed by atoms with E-state index in [0.29, 0.717) is 47.9 Å². The summed E-state index contributed by atoms with van der Waals surface area (Å²) in [6.45, 7) is 6.80. The fourth-order valence-corrected chi connectivity index (χ4v) is 4.77. The first kappa shape index (κ1) is 26.9. The Hall–Kier alpha value is -4.64. The minimum atomic E-state index is -0.250. The molecule has 3 aromatic rings. The summed E-state index contributed by atoms with van der Waals surface area (Å²) >= 11 is 0. The molecule has 0 spiro atoms. The Labute approximate surface area is 233 Å². The van der Waals surface area contributed by atoms with Crippen LogP contribution in [0.1, 0.15) is 11.1 Å². The van der Waals surface area contributed by atoms with Crippen molar-refractivity contribution >= 4 is 40.6 Å². The number of benzene rings is 2. The number of methoxy groups -OCH3 is 2. The minimum Gasteiger partial charge on any atom is -0.497 e. The monoisotopic (exact) mass is 544 g/mol. The molecular formula is C29H32N6O5. The van der Waals surface area contributed by atoms with Crippen molar-refractivity contribution < 1.29 is 23.8 Å². The van der Waals surface area contributed by atoms with Gasteiger partial charge in [0.05, 0.1) is 39.7 Å². The van der Waals surface area contributed by atoms with Gasteiger partial charge in [0.2, 0.25) is 5.95 Å². The van der Waals surface area contributed by atoms with Gasteiger partial charge in [0.25, 0.3) is 0 Å². The maximum Gasteiger partial charge on any atom is 0.330 e. The van der Waals surface area contributed by atoms with Crippen LogP contribution in [0.4, 0.5) is 33.6 Å². The zero-order chi connectivity index (χ0) is 28.2. The first-order valence-electron chi connectivity index (χ1n) is 12.9. The SMILES string of the molecule is C=CC(=O)Cc1cc(N2CCOCC2)ccc1Nc1ncc2c(n1)N(C)C(=O)N(c1cc(OC)cc(OC)c1)C2. The first-order chi connectivity index (χ1) is 19.4. The molecule has 2 amide bonds. The van der Waals surface area contributed by atoms with Gasteiger partial charge >= 0.3 is 6.03 Å². The molecule has 1 aromatic heterocycles. The number of nitrogens with zero attached hydrogens (tertiary/aromatic N) is 5. The van der Waals surface area contributed by atoms with Gasteiger partial charge in [-0.3, -0.25) is 14.6 Å². The molecule has 11 heteroatoms. The molecule has 11 nitrogen and oxygen atoms in total. The quantitative estimate of drug-likeness (QED) is 0.401. The maximum atomic E-state index is 13.4. The molecule has 0 radical (unpaired) electrons. The molecule has 0 saturated carbocycles. The predicted molar refractivity (Wildman–Crippen MR) is 153 cm³/mol. The van der Waals surface area contributed by atoms with Crippen LogP contribution in [0.25, 0.3) is 0 Å². The highest BCUT2D eigenvalue weighted by Crippen LogP contribution is 2.35. The predicted octanol–water partition coefficient (Wildman–Crippen LogP) is 3.95. The summed E-state index contributed by atoms with van der Waals surface area (Å²) in [5.41, 5.74) is 3.95. The zero-order valence-corrected chi connectivity index (χ0v) is 22.8. The number of fused-ring (bicyclic) bond motifs is 1. The molecular weight excluding hydrogens is 512 g/mol. The van der Waals surface area contributed by atoms with Crippen LogP contribution in [-0.2, 0) is 22.5 Å². The third kappa shape index (κ3) is 5.55. The average molecular weight is 545 g/mol. The summed E-state index contributed by atoms with van der Waals surface area (Å²) in [4.78, 5) is 40.2. The third-order valence-corrected chi connectivity index (χ3v) is 6.96. The molecule has 208 valence electrons. The number of carbonyl (C=O) groups is 2. The second kappa shape index (κ2) is 11.6. The summed E-state index contributed by atoms with van der Waals surface area (Å²) in [7, 11) is 4.80. The normalized spacial score (nSPS) is 15.0. The van der Waals surface area contributed by atoms with E-state index in [4.69, 9.17) is 14.2 Å². The number of nitrogens with one attached hydrogen (secondary N) is 1. The van der Waals surface area contributed by atoms with Crippen molar-refractivity contribution in [2.45, 2.75) is 13.0 Å². The second-order valence-corrected chi connectivity index (χ2v) is 9.45. The zero-order valence-electron chi connectivity index (χ0n) is 22.8. The summed E-state index contributed by atoms with van der Waals surface area (Å²) in [6, 6.07) is 11.0. The van der Waals surface area contributed by atoms with Crippen LogP contribution >= 0.6 is 0 Å². The van der Waals surface area contributed by atoms with Gasteiger partial charge in [0, 0.05) is 67.9 Å². The first-order valence-corrected chi connectivity index (χ1v) is 12.9. The van der Waals surface area contributed by atoms with E-state index in [1.807, 2.05) is 18.2 Å². The van der Waals surface area contributed by atoms with E-state index in [-0.39, 0.29) is 24.8 Å². The van der Waals surface area contributed by atoms with Crippen LogP contribution in [0.5, 0.6) is 11.5 Å². The van der Waals surface area contributed by atoms with Gasteiger partial charge in [-0.2, -0.15) is 4.98 Å². The molecule has 0 aliphatic carbocycles. The summed E-state index contributed by atoms with van der Waals surface area (Å²) in [6.07, 6.45) is 3.21. The van der Waals surface area contributed by atoms with Crippen molar-refractivity contribution in [3.05, 3.63) is 66.4 Å². The number of ketones is 1. The van der Waals surface area contributed by atoms with Crippen LogP contribution in [0.15, 0.2) is 55.3 Å². The standard InChI is InChI=1S/C29H32N6O5/c1-5-23(36)13-19-12-21(34-8-10-40-11-9-34)6-7-26(19)31-28-30-17-20-18-35(29(37)33(2)27(20)32-28)22-14-24(38-3)16-25(15-22)39-4/h5-7,12,14-17H,1,8-11,13,18H2,2-4H3,(H,30,31,32). The smallest absolute Gasteiger partial charge is 0.330 e. The molecule has 5 rings (SSSR count). The van der Waals surface area contributed by atoms with Gasteiger partial charge in [-0.1, -0.05) is 6.58 Å². The molecule has 1 saturated heterocycles.